The van der Waals surface area contributed by atoms with Crippen LogP contribution in [-0.2, 0) is 15.8 Å². The van der Waals surface area contributed by atoms with E-state index in [2.05, 4.69) is 10.6 Å². The van der Waals surface area contributed by atoms with Gasteiger partial charge in [-0.2, -0.15) is 13.2 Å². The molecule has 0 saturated carbocycles. The van der Waals surface area contributed by atoms with Crippen molar-refractivity contribution in [3.05, 3.63) is 46.7 Å². The Bertz CT molecular complexity index is 1010. The average molecular weight is 481 g/mol. The van der Waals surface area contributed by atoms with Gasteiger partial charge in [-0.3, -0.25) is 14.5 Å². The van der Waals surface area contributed by atoms with Gasteiger partial charge in [-0.15, -0.1) is 0 Å². The third kappa shape index (κ3) is 4.90. The highest BCUT2D eigenvalue weighted by Gasteiger charge is 2.47. The molecule has 2 heterocycles. The molecule has 2 atom stereocenters. The monoisotopic (exact) mass is 480 g/mol. The van der Waals surface area contributed by atoms with Crippen molar-refractivity contribution in [1.29, 1.82) is 0 Å². The van der Waals surface area contributed by atoms with Crippen LogP contribution in [0.4, 0.5) is 18.0 Å². The van der Waals surface area contributed by atoms with E-state index in [9.17, 15) is 27.6 Å². The lowest BCUT2D eigenvalue weighted by Gasteiger charge is -2.33. The summed E-state index contributed by atoms with van der Waals surface area (Å²) in [6, 6.07) is 2.26. The Balaban J connectivity index is 2.01. The van der Waals surface area contributed by atoms with E-state index >= 15 is 0 Å². The summed E-state index contributed by atoms with van der Waals surface area (Å²) in [5, 5.41) is 5.67. The van der Waals surface area contributed by atoms with Gasteiger partial charge in [0.2, 0.25) is 5.91 Å². The lowest BCUT2D eigenvalue weighted by Crippen LogP contribution is -2.55. The molecule has 0 radical (unpaired) electrons. The maximum atomic E-state index is 13.7. The number of carbonyl (C=O) groups excluding carboxylic acids is 3. The predicted octanol–water partition coefficient (Wildman–Crippen LogP) is 3.83. The number of alkyl halides is 3. The van der Waals surface area contributed by atoms with Crippen molar-refractivity contribution >= 4 is 17.8 Å². The molecule has 3 rings (SSSR count). The van der Waals surface area contributed by atoms with Gasteiger partial charge < -0.3 is 15.5 Å². The lowest BCUT2D eigenvalue weighted by atomic mass is 9.94. The summed E-state index contributed by atoms with van der Waals surface area (Å²) >= 11 is 0. The van der Waals surface area contributed by atoms with Crippen molar-refractivity contribution in [3.8, 4) is 0 Å². The van der Waals surface area contributed by atoms with Crippen molar-refractivity contribution in [1.82, 2.24) is 20.4 Å². The molecule has 0 aromatic heterocycles. The minimum Gasteiger partial charge on any atom is -0.350 e. The molecule has 186 valence electrons. The summed E-state index contributed by atoms with van der Waals surface area (Å²) in [4.78, 5) is 42.5. The number of hydrogen-bond donors (Lipinski definition) is 2. The van der Waals surface area contributed by atoms with Gasteiger partial charge in [-0.05, 0) is 51.3 Å². The van der Waals surface area contributed by atoms with Gasteiger partial charge in [0.15, 0.2) is 0 Å². The van der Waals surface area contributed by atoms with E-state index in [0.717, 1.165) is 12.1 Å². The molecule has 10 heteroatoms. The highest BCUT2D eigenvalue weighted by molar-refractivity contribution is 6.03. The minimum absolute atomic E-state index is 0.0625. The summed E-state index contributed by atoms with van der Waals surface area (Å²) in [6.07, 6.45) is -4.50. The number of halogens is 3. The van der Waals surface area contributed by atoms with E-state index in [4.69, 9.17) is 0 Å². The van der Waals surface area contributed by atoms with Gasteiger partial charge in [0.25, 0.3) is 5.91 Å². The van der Waals surface area contributed by atoms with Gasteiger partial charge in [-0.1, -0.05) is 26.0 Å². The average Bonchev–Trinajstić information content (AvgIpc) is 3.02. The highest BCUT2D eigenvalue weighted by Crippen LogP contribution is 2.39. The fourth-order valence-corrected chi connectivity index (χ4v) is 4.43. The number of carbonyl (C=O) groups is 3. The third-order valence-electron chi connectivity index (χ3n) is 5.87. The number of hydrogen-bond acceptors (Lipinski definition) is 3. The van der Waals surface area contributed by atoms with Gasteiger partial charge in [0.1, 0.15) is 6.04 Å². The Morgan fingerprint density at radius 1 is 1.15 bits per heavy atom. The largest absolute Gasteiger partial charge is 0.416 e. The summed E-state index contributed by atoms with van der Waals surface area (Å²) < 4.78 is 39.1. The lowest BCUT2D eigenvalue weighted by molar-refractivity contribution is -0.139. The van der Waals surface area contributed by atoms with Crippen LogP contribution in [-0.4, -0.2) is 52.3 Å². The van der Waals surface area contributed by atoms with Crippen molar-refractivity contribution in [2.45, 2.75) is 65.3 Å². The fraction of sp³-hybridized carbons (Fsp3) is 0.542. The molecule has 0 bridgehead atoms. The molecule has 2 N–H and O–H groups in total. The number of nitrogens with zero attached hydrogens (tertiary/aromatic N) is 2. The van der Waals surface area contributed by atoms with Crippen molar-refractivity contribution in [2.24, 2.45) is 5.92 Å². The topological polar surface area (TPSA) is 81.8 Å². The number of nitrogens with one attached hydrogen (secondary N) is 2. The molecule has 7 nitrogen and oxygen atoms in total. The zero-order valence-corrected chi connectivity index (χ0v) is 20.2. The first-order chi connectivity index (χ1) is 15.7. The quantitative estimate of drug-likeness (QED) is 0.672. The Labute approximate surface area is 197 Å². The first-order valence-electron chi connectivity index (χ1n) is 11.3. The molecule has 1 aromatic rings. The predicted molar refractivity (Wildman–Crippen MR) is 120 cm³/mol. The van der Waals surface area contributed by atoms with E-state index in [-0.39, 0.29) is 23.9 Å². The first kappa shape index (κ1) is 25.6. The van der Waals surface area contributed by atoms with Gasteiger partial charge in [0, 0.05) is 12.1 Å². The van der Waals surface area contributed by atoms with Crippen LogP contribution >= 0.6 is 0 Å². The third-order valence-corrected chi connectivity index (χ3v) is 5.87. The van der Waals surface area contributed by atoms with Crippen molar-refractivity contribution < 1.29 is 27.6 Å². The van der Waals surface area contributed by atoms with Crippen LogP contribution < -0.4 is 10.6 Å². The Hall–Kier alpha value is -3.04. The van der Waals surface area contributed by atoms with Gasteiger partial charge in [-0.25, -0.2) is 4.79 Å². The van der Waals surface area contributed by atoms with Crippen LogP contribution in [0.25, 0.3) is 0 Å². The smallest absolute Gasteiger partial charge is 0.350 e. The Kier molecular flexibility index (Phi) is 6.74. The molecular weight excluding hydrogens is 449 g/mol. The molecule has 0 fully saturated rings. The van der Waals surface area contributed by atoms with Crippen LogP contribution in [0.15, 0.2) is 35.5 Å². The van der Waals surface area contributed by atoms with Crippen molar-refractivity contribution in [3.63, 3.8) is 0 Å². The second kappa shape index (κ2) is 8.96. The Morgan fingerprint density at radius 3 is 2.21 bits per heavy atom. The summed E-state index contributed by atoms with van der Waals surface area (Å²) in [5.74, 6) is -0.930. The van der Waals surface area contributed by atoms with Crippen LogP contribution in [0, 0.1) is 5.92 Å². The first-order valence-corrected chi connectivity index (χ1v) is 11.3. The van der Waals surface area contributed by atoms with Crippen LogP contribution in [0.5, 0.6) is 0 Å². The van der Waals surface area contributed by atoms with E-state index < -0.39 is 41.3 Å². The molecule has 0 aliphatic carbocycles. The molecule has 2 aliphatic rings. The van der Waals surface area contributed by atoms with Crippen LogP contribution in [0.1, 0.15) is 58.7 Å². The van der Waals surface area contributed by atoms with E-state index in [0.29, 0.717) is 17.8 Å². The minimum atomic E-state index is -4.50. The molecule has 34 heavy (non-hydrogen) atoms. The molecule has 4 amide bonds. The zero-order chi connectivity index (χ0) is 25.6. The SMILES string of the molecule is CCN1C(=O)N[C@H](c2ccc(C(F)(F)F)cc2)C2=C1CN([C@@H](C(=O)NC(C)(C)C)C(C)C)C2=O. The zero-order valence-electron chi connectivity index (χ0n) is 20.2. The normalized spacial score (nSPS) is 20.0. The second-order valence-corrected chi connectivity index (χ2v) is 9.97. The number of likely N-dealkylation sites (N-methyl/N-ethyl adjacent to an activating group) is 1. The summed E-state index contributed by atoms with van der Waals surface area (Å²) in [5.41, 5.74) is -0.220. The van der Waals surface area contributed by atoms with E-state index in [1.54, 1.807) is 6.92 Å². The molecule has 0 unspecified atom stereocenters. The number of benzene rings is 1. The molecule has 2 aliphatic heterocycles. The maximum Gasteiger partial charge on any atom is 0.416 e. The fourth-order valence-electron chi connectivity index (χ4n) is 4.43. The second-order valence-electron chi connectivity index (χ2n) is 9.97. The number of rotatable bonds is 5. The number of amides is 4. The summed E-state index contributed by atoms with van der Waals surface area (Å²) in [6.45, 7) is 11.3. The molecule has 0 saturated heterocycles. The van der Waals surface area contributed by atoms with Crippen LogP contribution in [0.2, 0.25) is 0 Å². The number of urea groups is 1. The van der Waals surface area contributed by atoms with Gasteiger partial charge in [0.05, 0.1) is 29.4 Å². The highest BCUT2D eigenvalue weighted by atomic mass is 19.4. The summed E-state index contributed by atoms with van der Waals surface area (Å²) in [7, 11) is 0. The van der Waals surface area contributed by atoms with E-state index in [1.807, 2.05) is 34.6 Å². The standard InChI is InChI=1S/C24H31F3N4O3/c1-7-30-16-12-31(19(13(2)3)20(32)29-23(4,5)6)21(33)17(16)18(28-22(30)34)14-8-10-15(11-9-14)24(25,26)27/h8-11,13,18-19H,7,12H2,1-6H3,(H,28,34)(H,29,32)/t18-,19-/m1/s1. The van der Waals surface area contributed by atoms with Gasteiger partial charge >= 0.3 is 12.2 Å². The molecule has 1 aromatic carbocycles. The van der Waals surface area contributed by atoms with Crippen molar-refractivity contribution in [2.75, 3.05) is 13.1 Å². The molecule has 0 spiro atoms. The van der Waals surface area contributed by atoms with Crippen LogP contribution in [0.3, 0.4) is 0 Å². The molecular formula is C24H31F3N4O3. The van der Waals surface area contributed by atoms with E-state index in [1.165, 1.54) is 21.9 Å². The Morgan fingerprint density at radius 2 is 1.74 bits per heavy atom. The maximum absolute atomic E-state index is 13.7.